The number of aliphatic carboxylic acids is 1. The van der Waals surface area contributed by atoms with Crippen LogP contribution in [0.15, 0.2) is 30.3 Å². The third-order valence-corrected chi connectivity index (χ3v) is 3.90. The third-order valence-electron chi connectivity index (χ3n) is 3.90. The highest BCUT2D eigenvalue weighted by molar-refractivity contribution is 6.03. The molecule has 2 rings (SSSR count). The lowest BCUT2D eigenvalue weighted by atomic mass is 10.0. The van der Waals surface area contributed by atoms with Gasteiger partial charge < -0.3 is 10.4 Å². The fourth-order valence-corrected chi connectivity index (χ4v) is 2.34. The van der Waals surface area contributed by atoms with E-state index in [2.05, 4.69) is 10.4 Å². The number of aromatic nitrogens is 2. The van der Waals surface area contributed by atoms with E-state index < -0.39 is 11.9 Å². The van der Waals surface area contributed by atoms with Crippen LogP contribution in [0.5, 0.6) is 0 Å². The van der Waals surface area contributed by atoms with E-state index in [1.54, 1.807) is 36.9 Å². The van der Waals surface area contributed by atoms with Crippen molar-refractivity contribution in [2.75, 3.05) is 5.32 Å². The summed E-state index contributed by atoms with van der Waals surface area (Å²) in [4.78, 5) is 23.3. The van der Waals surface area contributed by atoms with E-state index in [-0.39, 0.29) is 11.8 Å². The molecular weight excluding hydrogens is 306 g/mol. The van der Waals surface area contributed by atoms with Crippen molar-refractivity contribution in [3.05, 3.63) is 47.3 Å². The number of nitrogens with one attached hydrogen (secondary N) is 1. The fourth-order valence-electron chi connectivity index (χ4n) is 2.34. The number of carboxylic acids is 1. The summed E-state index contributed by atoms with van der Waals surface area (Å²) in [6.45, 7) is 5.73. The highest BCUT2D eigenvalue weighted by atomic mass is 16.4. The molecule has 2 N–H and O–H groups in total. The van der Waals surface area contributed by atoms with Gasteiger partial charge in [-0.3, -0.25) is 14.3 Å². The van der Waals surface area contributed by atoms with Crippen molar-refractivity contribution >= 4 is 17.6 Å². The zero-order chi connectivity index (χ0) is 17.9. The number of hydrogen-bond donors (Lipinski definition) is 2. The SMILES string of the molecule is CC(Cc1ccc(NC(=O)c2cc(C(C)C)nn2C)cc1)C(=O)O. The zero-order valence-electron chi connectivity index (χ0n) is 14.4. The Bertz CT molecular complexity index is 732. The molecule has 0 saturated heterocycles. The standard InChI is InChI=1S/C18H23N3O3/c1-11(2)15-10-16(21(4)20-15)17(22)19-14-7-5-13(6-8-14)9-12(3)18(23)24/h5-8,10-12H,9H2,1-4H3,(H,19,22)(H,23,24). The molecule has 1 atom stereocenters. The van der Waals surface area contributed by atoms with Gasteiger partial charge in [0, 0.05) is 12.7 Å². The Kier molecular flexibility index (Phi) is 5.39. The lowest BCUT2D eigenvalue weighted by molar-refractivity contribution is -0.141. The van der Waals surface area contributed by atoms with E-state index in [9.17, 15) is 9.59 Å². The average molecular weight is 329 g/mol. The molecule has 0 saturated carbocycles. The molecule has 0 radical (unpaired) electrons. The van der Waals surface area contributed by atoms with Crippen LogP contribution in [-0.4, -0.2) is 26.8 Å². The number of carbonyl (C=O) groups is 2. The van der Waals surface area contributed by atoms with Gasteiger partial charge in [-0.05, 0) is 36.1 Å². The Hall–Kier alpha value is -2.63. The second-order valence-corrected chi connectivity index (χ2v) is 6.33. The number of rotatable bonds is 6. The first-order valence-corrected chi connectivity index (χ1v) is 7.95. The molecule has 2 aromatic rings. The highest BCUT2D eigenvalue weighted by Gasteiger charge is 2.15. The molecule has 1 amide bonds. The molecule has 0 spiro atoms. The minimum absolute atomic E-state index is 0.219. The van der Waals surface area contributed by atoms with Crippen LogP contribution in [0.3, 0.4) is 0 Å². The monoisotopic (exact) mass is 329 g/mol. The molecule has 1 heterocycles. The summed E-state index contributed by atoms with van der Waals surface area (Å²) in [7, 11) is 1.75. The van der Waals surface area contributed by atoms with Crippen LogP contribution in [0.1, 0.15) is 48.4 Å². The molecule has 1 unspecified atom stereocenters. The number of anilines is 1. The topological polar surface area (TPSA) is 84.2 Å². The molecule has 128 valence electrons. The average Bonchev–Trinajstić information content (AvgIpc) is 2.91. The maximum Gasteiger partial charge on any atom is 0.306 e. The molecule has 0 aliphatic heterocycles. The van der Waals surface area contributed by atoms with Crippen LogP contribution < -0.4 is 5.32 Å². The first-order valence-electron chi connectivity index (χ1n) is 7.95. The number of carboxylic acid groups (broad SMARTS) is 1. The maximum atomic E-state index is 12.4. The Morgan fingerprint density at radius 2 is 1.83 bits per heavy atom. The fraction of sp³-hybridized carbons (Fsp3) is 0.389. The highest BCUT2D eigenvalue weighted by Crippen LogP contribution is 2.17. The summed E-state index contributed by atoms with van der Waals surface area (Å²) in [5.74, 6) is -1.21. The Labute approximate surface area is 141 Å². The second kappa shape index (κ2) is 7.29. The van der Waals surface area contributed by atoms with E-state index in [0.29, 0.717) is 17.8 Å². The van der Waals surface area contributed by atoms with Crippen LogP contribution in [-0.2, 0) is 18.3 Å². The zero-order valence-corrected chi connectivity index (χ0v) is 14.4. The Balaban J connectivity index is 2.05. The van der Waals surface area contributed by atoms with E-state index in [1.807, 2.05) is 26.0 Å². The van der Waals surface area contributed by atoms with Gasteiger partial charge in [-0.25, -0.2) is 0 Å². The summed E-state index contributed by atoms with van der Waals surface area (Å²) in [5.41, 5.74) is 2.97. The van der Waals surface area contributed by atoms with Crippen molar-refractivity contribution in [1.82, 2.24) is 9.78 Å². The minimum Gasteiger partial charge on any atom is -0.481 e. The predicted molar refractivity (Wildman–Crippen MR) is 92.2 cm³/mol. The number of aryl methyl sites for hydroxylation is 1. The van der Waals surface area contributed by atoms with E-state index >= 15 is 0 Å². The third kappa shape index (κ3) is 4.22. The Morgan fingerprint density at radius 3 is 2.33 bits per heavy atom. The van der Waals surface area contributed by atoms with Gasteiger partial charge in [0.25, 0.3) is 5.91 Å². The number of carbonyl (C=O) groups excluding carboxylic acids is 1. The van der Waals surface area contributed by atoms with Gasteiger partial charge in [0.05, 0.1) is 11.6 Å². The van der Waals surface area contributed by atoms with Crippen LogP contribution in [0.25, 0.3) is 0 Å². The number of amides is 1. The summed E-state index contributed by atoms with van der Waals surface area (Å²) in [5, 5.41) is 16.1. The first-order chi connectivity index (χ1) is 11.3. The van der Waals surface area contributed by atoms with Crippen molar-refractivity contribution in [2.24, 2.45) is 13.0 Å². The Morgan fingerprint density at radius 1 is 1.21 bits per heavy atom. The molecule has 6 nitrogen and oxygen atoms in total. The first kappa shape index (κ1) is 17.7. The van der Waals surface area contributed by atoms with Crippen molar-refractivity contribution < 1.29 is 14.7 Å². The van der Waals surface area contributed by atoms with Crippen molar-refractivity contribution in [1.29, 1.82) is 0 Å². The van der Waals surface area contributed by atoms with E-state index in [0.717, 1.165) is 11.3 Å². The van der Waals surface area contributed by atoms with Crippen molar-refractivity contribution in [3.8, 4) is 0 Å². The number of hydrogen-bond acceptors (Lipinski definition) is 3. The van der Waals surface area contributed by atoms with Gasteiger partial charge in [0.2, 0.25) is 0 Å². The normalized spacial score (nSPS) is 12.2. The summed E-state index contributed by atoms with van der Waals surface area (Å²) < 4.78 is 1.58. The van der Waals surface area contributed by atoms with Gasteiger partial charge >= 0.3 is 5.97 Å². The molecule has 0 bridgehead atoms. The van der Waals surface area contributed by atoms with Crippen LogP contribution >= 0.6 is 0 Å². The second-order valence-electron chi connectivity index (χ2n) is 6.33. The number of benzene rings is 1. The molecule has 1 aromatic heterocycles. The largest absolute Gasteiger partial charge is 0.481 e. The molecule has 0 fully saturated rings. The lowest BCUT2D eigenvalue weighted by Crippen LogP contribution is -2.16. The smallest absolute Gasteiger partial charge is 0.306 e. The minimum atomic E-state index is -0.815. The van der Waals surface area contributed by atoms with Crippen LogP contribution in [0.4, 0.5) is 5.69 Å². The molecule has 24 heavy (non-hydrogen) atoms. The molecule has 6 heteroatoms. The van der Waals surface area contributed by atoms with Gasteiger partial charge in [-0.1, -0.05) is 32.9 Å². The van der Waals surface area contributed by atoms with Gasteiger partial charge in [-0.15, -0.1) is 0 Å². The predicted octanol–water partition coefficient (Wildman–Crippen LogP) is 3.06. The maximum absolute atomic E-state index is 12.4. The van der Waals surface area contributed by atoms with Gasteiger partial charge in [0.15, 0.2) is 0 Å². The van der Waals surface area contributed by atoms with Crippen molar-refractivity contribution in [2.45, 2.75) is 33.1 Å². The van der Waals surface area contributed by atoms with Crippen molar-refractivity contribution in [3.63, 3.8) is 0 Å². The van der Waals surface area contributed by atoms with Crippen LogP contribution in [0.2, 0.25) is 0 Å². The molecular formula is C18H23N3O3. The number of nitrogens with zero attached hydrogens (tertiary/aromatic N) is 2. The molecule has 0 aliphatic carbocycles. The quantitative estimate of drug-likeness (QED) is 0.853. The van der Waals surface area contributed by atoms with E-state index in [1.165, 1.54) is 0 Å². The summed E-state index contributed by atoms with van der Waals surface area (Å²) in [6, 6.07) is 9.02. The summed E-state index contributed by atoms with van der Waals surface area (Å²) >= 11 is 0. The van der Waals surface area contributed by atoms with Gasteiger partial charge in [0.1, 0.15) is 5.69 Å². The molecule has 0 aliphatic rings. The van der Waals surface area contributed by atoms with Gasteiger partial charge in [-0.2, -0.15) is 5.10 Å². The van der Waals surface area contributed by atoms with Crippen LogP contribution in [0, 0.1) is 5.92 Å². The molecule has 1 aromatic carbocycles. The lowest BCUT2D eigenvalue weighted by Gasteiger charge is -2.08. The summed E-state index contributed by atoms with van der Waals surface area (Å²) in [6.07, 6.45) is 0.461. The van der Waals surface area contributed by atoms with E-state index in [4.69, 9.17) is 5.11 Å².